The largest absolute Gasteiger partial charge is 0.416 e. The van der Waals surface area contributed by atoms with E-state index in [2.05, 4.69) is 5.32 Å². The number of hydrogen-bond donors (Lipinski definition) is 2. The zero-order valence-electron chi connectivity index (χ0n) is 8.56. The zero-order chi connectivity index (χ0) is 12.3. The second kappa shape index (κ2) is 4.42. The van der Waals surface area contributed by atoms with E-state index < -0.39 is 17.6 Å². The Balaban J connectivity index is 2.94. The van der Waals surface area contributed by atoms with Gasteiger partial charge in [-0.1, -0.05) is 6.07 Å². The molecule has 0 fully saturated rings. The van der Waals surface area contributed by atoms with Crippen LogP contribution in [0.3, 0.4) is 0 Å². The van der Waals surface area contributed by atoms with Crippen LogP contribution < -0.4 is 11.1 Å². The number of primary amides is 1. The number of benzene rings is 1. The van der Waals surface area contributed by atoms with E-state index in [1.165, 1.54) is 19.1 Å². The molecule has 0 spiro atoms. The number of carbonyl (C=O) groups excluding carboxylic acids is 1. The monoisotopic (exact) mass is 232 g/mol. The topological polar surface area (TPSA) is 55.1 Å². The van der Waals surface area contributed by atoms with Gasteiger partial charge in [0.05, 0.1) is 12.1 Å². The van der Waals surface area contributed by atoms with Gasteiger partial charge < -0.3 is 11.1 Å². The van der Waals surface area contributed by atoms with E-state index in [9.17, 15) is 18.0 Å². The van der Waals surface area contributed by atoms with Crippen LogP contribution in [0.5, 0.6) is 0 Å². The zero-order valence-corrected chi connectivity index (χ0v) is 8.56. The van der Waals surface area contributed by atoms with Crippen LogP contribution >= 0.6 is 0 Å². The maximum atomic E-state index is 12.5. The van der Waals surface area contributed by atoms with Crippen molar-refractivity contribution in [2.24, 2.45) is 5.73 Å². The molecule has 0 aliphatic rings. The highest BCUT2D eigenvalue weighted by molar-refractivity contribution is 5.78. The Morgan fingerprint density at radius 3 is 2.56 bits per heavy atom. The summed E-state index contributed by atoms with van der Waals surface area (Å²) >= 11 is 0. The van der Waals surface area contributed by atoms with E-state index in [1.807, 2.05) is 0 Å². The molecule has 88 valence electrons. The quantitative estimate of drug-likeness (QED) is 0.836. The molecule has 0 unspecified atom stereocenters. The Kier molecular flexibility index (Phi) is 3.41. The molecule has 0 aliphatic heterocycles. The van der Waals surface area contributed by atoms with Gasteiger partial charge in [-0.2, -0.15) is 13.2 Å². The number of anilines is 1. The van der Waals surface area contributed by atoms with E-state index in [1.54, 1.807) is 0 Å². The fourth-order valence-corrected chi connectivity index (χ4v) is 1.23. The summed E-state index contributed by atoms with van der Waals surface area (Å²) in [6.07, 6.45) is -4.39. The van der Waals surface area contributed by atoms with Crippen molar-refractivity contribution >= 4 is 11.6 Å². The minimum Gasteiger partial charge on any atom is -0.376 e. The summed E-state index contributed by atoms with van der Waals surface area (Å²) in [6.45, 7) is 1.18. The van der Waals surface area contributed by atoms with Crippen molar-refractivity contribution < 1.29 is 18.0 Å². The molecule has 6 heteroatoms. The van der Waals surface area contributed by atoms with Gasteiger partial charge in [-0.25, -0.2) is 0 Å². The van der Waals surface area contributed by atoms with Crippen LogP contribution in [0, 0.1) is 6.92 Å². The van der Waals surface area contributed by atoms with Crippen molar-refractivity contribution in [3.8, 4) is 0 Å². The highest BCUT2D eigenvalue weighted by atomic mass is 19.4. The number of amides is 1. The Labute approximate surface area is 90.4 Å². The van der Waals surface area contributed by atoms with Crippen molar-refractivity contribution in [3.05, 3.63) is 29.3 Å². The van der Waals surface area contributed by atoms with Gasteiger partial charge in [0.25, 0.3) is 0 Å². The summed E-state index contributed by atoms with van der Waals surface area (Å²) < 4.78 is 37.5. The third kappa shape index (κ3) is 3.15. The summed E-state index contributed by atoms with van der Waals surface area (Å²) in [5.41, 5.74) is 4.51. The lowest BCUT2D eigenvalue weighted by Crippen LogP contribution is -2.22. The third-order valence-electron chi connectivity index (χ3n) is 2.01. The fourth-order valence-electron chi connectivity index (χ4n) is 1.23. The molecule has 0 bridgehead atoms. The molecule has 1 aromatic carbocycles. The van der Waals surface area contributed by atoms with Crippen LogP contribution in [0.4, 0.5) is 18.9 Å². The van der Waals surface area contributed by atoms with Gasteiger partial charge in [-0.3, -0.25) is 4.79 Å². The molecule has 0 aromatic heterocycles. The molecular weight excluding hydrogens is 221 g/mol. The SMILES string of the molecule is Cc1ccc(NCC(N)=O)cc1C(F)(F)F. The number of nitrogens with two attached hydrogens (primary N) is 1. The molecule has 1 amide bonds. The number of aryl methyl sites for hydroxylation is 1. The Hall–Kier alpha value is -1.72. The van der Waals surface area contributed by atoms with Gasteiger partial charge in [-0.15, -0.1) is 0 Å². The van der Waals surface area contributed by atoms with Crippen molar-refractivity contribution in [2.75, 3.05) is 11.9 Å². The molecule has 0 atom stereocenters. The highest BCUT2D eigenvalue weighted by Crippen LogP contribution is 2.33. The van der Waals surface area contributed by atoms with Crippen LogP contribution in [-0.4, -0.2) is 12.5 Å². The van der Waals surface area contributed by atoms with Crippen LogP contribution in [0.25, 0.3) is 0 Å². The van der Waals surface area contributed by atoms with Crippen LogP contribution in [0.15, 0.2) is 18.2 Å². The number of nitrogens with one attached hydrogen (secondary N) is 1. The first-order valence-electron chi connectivity index (χ1n) is 4.50. The van der Waals surface area contributed by atoms with E-state index >= 15 is 0 Å². The maximum Gasteiger partial charge on any atom is 0.416 e. The molecule has 3 N–H and O–H groups in total. The lowest BCUT2D eigenvalue weighted by atomic mass is 10.1. The van der Waals surface area contributed by atoms with Gasteiger partial charge in [0, 0.05) is 5.69 Å². The highest BCUT2D eigenvalue weighted by Gasteiger charge is 2.32. The van der Waals surface area contributed by atoms with E-state index in [0.29, 0.717) is 0 Å². The lowest BCUT2D eigenvalue weighted by Gasteiger charge is -2.12. The van der Waals surface area contributed by atoms with Crippen molar-refractivity contribution in [2.45, 2.75) is 13.1 Å². The van der Waals surface area contributed by atoms with Gasteiger partial charge in [0.2, 0.25) is 5.91 Å². The Bertz CT molecular complexity index is 402. The lowest BCUT2D eigenvalue weighted by molar-refractivity contribution is -0.138. The van der Waals surface area contributed by atoms with Crippen LogP contribution in [0.1, 0.15) is 11.1 Å². The number of rotatable bonds is 3. The molecule has 1 rings (SSSR count). The predicted molar refractivity (Wildman–Crippen MR) is 53.9 cm³/mol. The summed E-state index contributed by atoms with van der Waals surface area (Å²) in [4.78, 5) is 10.5. The summed E-state index contributed by atoms with van der Waals surface area (Å²) in [6, 6.07) is 3.76. The molecule has 0 aliphatic carbocycles. The van der Waals surface area contributed by atoms with Gasteiger partial charge >= 0.3 is 6.18 Å². The maximum absolute atomic E-state index is 12.5. The number of alkyl halides is 3. The van der Waals surface area contributed by atoms with E-state index in [4.69, 9.17) is 5.73 Å². The Morgan fingerprint density at radius 2 is 2.06 bits per heavy atom. The second-order valence-corrected chi connectivity index (χ2v) is 3.35. The first kappa shape index (κ1) is 12.4. The van der Waals surface area contributed by atoms with E-state index in [0.717, 1.165) is 6.07 Å². The van der Waals surface area contributed by atoms with Crippen molar-refractivity contribution in [1.29, 1.82) is 0 Å². The second-order valence-electron chi connectivity index (χ2n) is 3.35. The number of hydrogen-bond acceptors (Lipinski definition) is 2. The van der Waals surface area contributed by atoms with Gasteiger partial charge in [-0.05, 0) is 24.6 Å². The fraction of sp³-hybridized carbons (Fsp3) is 0.300. The molecule has 16 heavy (non-hydrogen) atoms. The molecular formula is C10H11F3N2O. The molecule has 1 aromatic rings. The molecule has 0 saturated carbocycles. The first-order chi connectivity index (χ1) is 7.30. The van der Waals surface area contributed by atoms with E-state index in [-0.39, 0.29) is 17.8 Å². The average molecular weight is 232 g/mol. The molecule has 0 radical (unpaired) electrons. The number of halogens is 3. The van der Waals surface area contributed by atoms with Crippen molar-refractivity contribution in [3.63, 3.8) is 0 Å². The minimum atomic E-state index is -4.39. The average Bonchev–Trinajstić information content (AvgIpc) is 2.14. The molecule has 0 heterocycles. The first-order valence-corrected chi connectivity index (χ1v) is 4.50. The summed E-state index contributed by atoms with van der Waals surface area (Å²) in [5, 5.41) is 2.51. The van der Waals surface area contributed by atoms with Gasteiger partial charge in [0.1, 0.15) is 0 Å². The Morgan fingerprint density at radius 1 is 1.44 bits per heavy atom. The predicted octanol–water partition coefficient (Wildman–Crippen LogP) is 1.91. The third-order valence-corrected chi connectivity index (χ3v) is 2.01. The number of carbonyl (C=O) groups is 1. The molecule has 3 nitrogen and oxygen atoms in total. The smallest absolute Gasteiger partial charge is 0.376 e. The minimum absolute atomic E-state index is 0.136. The van der Waals surface area contributed by atoms with Crippen LogP contribution in [-0.2, 0) is 11.0 Å². The van der Waals surface area contributed by atoms with Crippen molar-refractivity contribution in [1.82, 2.24) is 0 Å². The normalized spacial score (nSPS) is 11.2. The standard InChI is InChI=1S/C10H11F3N2O/c1-6-2-3-7(15-5-9(14)16)4-8(6)10(11,12)13/h2-4,15H,5H2,1H3,(H2,14,16). The summed E-state index contributed by atoms with van der Waals surface area (Å²) in [7, 11) is 0. The van der Waals surface area contributed by atoms with Crippen LogP contribution in [0.2, 0.25) is 0 Å². The van der Waals surface area contributed by atoms with Gasteiger partial charge in [0.15, 0.2) is 0 Å². The summed E-state index contributed by atoms with van der Waals surface area (Å²) in [5.74, 6) is -0.630. The molecule has 0 saturated heterocycles.